The Morgan fingerprint density at radius 3 is 2.53 bits per heavy atom. The third-order valence-corrected chi connectivity index (χ3v) is 4.29. The molecule has 1 spiro atoms. The molecule has 3 aliphatic heterocycles. The maximum atomic E-state index is 10.5. The van der Waals surface area contributed by atoms with E-state index in [1.807, 2.05) is 13.8 Å². The summed E-state index contributed by atoms with van der Waals surface area (Å²) in [5.74, 6) is -1.71. The van der Waals surface area contributed by atoms with Crippen LogP contribution in [-0.4, -0.2) is 61.4 Å². The smallest absolute Gasteiger partial charge is 0.221 e. The van der Waals surface area contributed by atoms with Gasteiger partial charge in [0, 0.05) is 0 Å². The van der Waals surface area contributed by atoms with Gasteiger partial charge in [-0.25, -0.2) is 0 Å². The third kappa shape index (κ3) is 2.11. The second-order valence-electron chi connectivity index (χ2n) is 5.33. The maximum absolute atomic E-state index is 10.5. The van der Waals surface area contributed by atoms with Crippen molar-refractivity contribution in [2.75, 3.05) is 26.4 Å². The fraction of sp³-hybridized carbons (Fsp3) is 1.00. The molecule has 6 nitrogen and oxygen atoms in total. The molecule has 4 atom stereocenters. The molecule has 3 saturated heterocycles. The molecular weight excluding hydrogens is 252 g/mol. The fourth-order valence-corrected chi connectivity index (χ4v) is 3.02. The summed E-state index contributed by atoms with van der Waals surface area (Å²) < 4.78 is 28.7. The van der Waals surface area contributed by atoms with Crippen molar-refractivity contribution in [3.8, 4) is 0 Å². The highest BCUT2D eigenvalue weighted by Crippen LogP contribution is 2.42. The Bertz CT molecular complexity index is 323. The molecule has 3 fully saturated rings. The van der Waals surface area contributed by atoms with Gasteiger partial charge in [0.25, 0.3) is 0 Å². The van der Waals surface area contributed by atoms with E-state index in [0.29, 0.717) is 19.8 Å². The Morgan fingerprint density at radius 1 is 1.11 bits per heavy atom. The molecule has 6 heteroatoms. The summed E-state index contributed by atoms with van der Waals surface area (Å²) >= 11 is 0. The zero-order valence-electron chi connectivity index (χ0n) is 11.5. The third-order valence-electron chi connectivity index (χ3n) is 4.29. The lowest BCUT2D eigenvalue weighted by molar-refractivity contribution is -0.361. The number of rotatable bonds is 2. The molecule has 0 amide bonds. The first-order valence-electron chi connectivity index (χ1n) is 7.04. The number of aliphatic hydroxyl groups is 1. The molecule has 0 aromatic heterocycles. The number of aliphatic hydroxyl groups excluding tert-OH is 1. The highest BCUT2D eigenvalue weighted by molar-refractivity contribution is 5.00. The summed E-state index contributed by atoms with van der Waals surface area (Å²) in [6, 6.07) is 0. The van der Waals surface area contributed by atoms with Crippen molar-refractivity contribution in [3.05, 3.63) is 0 Å². The van der Waals surface area contributed by atoms with Crippen LogP contribution in [0.15, 0.2) is 0 Å². The summed E-state index contributed by atoms with van der Waals surface area (Å²) in [6.07, 6.45) is -0.0748. The van der Waals surface area contributed by atoms with Crippen LogP contribution in [0.2, 0.25) is 0 Å². The summed E-state index contributed by atoms with van der Waals surface area (Å²) in [5.41, 5.74) is 0. The first-order valence-corrected chi connectivity index (χ1v) is 7.04. The van der Waals surface area contributed by atoms with Gasteiger partial charge in [-0.05, 0) is 12.8 Å². The van der Waals surface area contributed by atoms with Gasteiger partial charge in [-0.15, -0.1) is 0 Å². The highest BCUT2D eigenvalue weighted by Gasteiger charge is 2.59. The van der Waals surface area contributed by atoms with Crippen molar-refractivity contribution >= 4 is 0 Å². The van der Waals surface area contributed by atoms with Gasteiger partial charge in [-0.2, -0.15) is 0 Å². The predicted molar refractivity (Wildman–Crippen MR) is 64.5 cm³/mol. The Hall–Kier alpha value is -0.240. The molecule has 0 aromatic carbocycles. The van der Waals surface area contributed by atoms with Crippen molar-refractivity contribution in [1.82, 2.24) is 0 Å². The molecule has 3 aliphatic rings. The second-order valence-corrected chi connectivity index (χ2v) is 5.33. The van der Waals surface area contributed by atoms with E-state index in [1.165, 1.54) is 0 Å². The van der Waals surface area contributed by atoms with Crippen LogP contribution in [0.4, 0.5) is 0 Å². The minimum absolute atomic E-state index is 0.228. The Morgan fingerprint density at radius 2 is 1.89 bits per heavy atom. The summed E-state index contributed by atoms with van der Waals surface area (Å²) in [4.78, 5) is 0. The largest absolute Gasteiger partial charge is 0.385 e. The Balaban J connectivity index is 1.78. The molecular formula is C13H22O6. The first-order chi connectivity index (χ1) is 9.15. The van der Waals surface area contributed by atoms with Crippen LogP contribution in [0.25, 0.3) is 0 Å². The standard InChI is InChI=1S/C13H22O6/c1-3-12(4-2)18-9-7-17-13(8-15-5-6-16-13)11(14)10(9)19-12/h9-11,14H,3-8H2,1-2H3. The maximum Gasteiger partial charge on any atom is 0.221 e. The van der Waals surface area contributed by atoms with Crippen molar-refractivity contribution in [2.45, 2.75) is 56.6 Å². The Labute approximate surface area is 112 Å². The van der Waals surface area contributed by atoms with Crippen LogP contribution in [0.5, 0.6) is 0 Å². The zero-order chi connectivity index (χ0) is 13.5. The molecule has 110 valence electrons. The normalized spacial score (nSPS) is 45.3. The molecule has 0 saturated carbocycles. The van der Waals surface area contributed by atoms with Crippen molar-refractivity contribution in [2.24, 2.45) is 0 Å². The summed E-state index contributed by atoms with van der Waals surface area (Å²) in [5, 5.41) is 10.5. The number of hydrogen-bond donors (Lipinski definition) is 1. The fourth-order valence-electron chi connectivity index (χ4n) is 3.02. The molecule has 3 rings (SSSR count). The molecule has 0 aromatic rings. The van der Waals surface area contributed by atoms with Crippen LogP contribution in [0, 0.1) is 0 Å². The van der Waals surface area contributed by atoms with E-state index in [4.69, 9.17) is 23.7 Å². The number of ether oxygens (including phenoxy) is 5. The van der Waals surface area contributed by atoms with Gasteiger partial charge >= 0.3 is 0 Å². The van der Waals surface area contributed by atoms with Crippen molar-refractivity contribution < 1.29 is 28.8 Å². The van der Waals surface area contributed by atoms with Crippen LogP contribution in [-0.2, 0) is 23.7 Å². The van der Waals surface area contributed by atoms with Gasteiger partial charge in [-0.1, -0.05) is 13.8 Å². The van der Waals surface area contributed by atoms with Crippen LogP contribution in [0.3, 0.4) is 0 Å². The van der Waals surface area contributed by atoms with Crippen molar-refractivity contribution in [3.63, 3.8) is 0 Å². The van der Waals surface area contributed by atoms with Gasteiger partial charge in [0.05, 0.1) is 19.8 Å². The highest BCUT2D eigenvalue weighted by atomic mass is 16.8. The lowest BCUT2D eigenvalue weighted by Crippen LogP contribution is -2.64. The predicted octanol–water partition coefficient (Wildman–Crippen LogP) is 0.421. The van der Waals surface area contributed by atoms with Crippen molar-refractivity contribution in [1.29, 1.82) is 0 Å². The molecule has 19 heavy (non-hydrogen) atoms. The lowest BCUT2D eigenvalue weighted by Gasteiger charge is -2.45. The quantitative estimate of drug-likeness (QED) is 0.787. The van der Waals surface area contributed by atoms with E-state index >= 15 is 0 Å². The zero-order valence-corrected chi connectivity index (χ0v) is 11.5. The number of hydrogen-bond acceptors (Lipinski definition) is 6. The SMILES string of the molecule is CCC1(CC)OC2COC3(COCCO3)C(O)C2O1. The van der Waals surface area contributed by atoms with E-state index in [2.05, 4.69) is 0 Å². The van der Waals surface area contributed by atoms with Gasteiger partial charge in [-0.3, -0.25) is 0 Å². The van der Waals surface area contributed by atoms with E-state index < -0.39 is 23.8 Å². The molecule has 1 N–H and O–H groups in total. The van der Waals surface area contributed by atoms with E-state index in [0.717, 1.165) is 12.8 Å². The lowest BCUT2D eigenvalue weighted by atomic mass is 9.97. The average Bonchev–Trinajstić information content (AvgIpc) is 2.85. The van der Waals surface area contributed by atoms with Crippen LogP contribution >= 0.6 is 0 Å². The summed E-state index contributed by atoms with van der Waals surface area (Å²) in [6.45, 7) is 5.56. The first kappa shape index (κ1) is 13.7. The topological polar surface area (TPSA) is 66.4 Å². The monoisotopic (exact) mass is 274 g/mol. The van der Waals surface area contributed by atoms with Gasteiger partial charge < -0.3 is 28.8 Å². The molecule has 3 heterocycles. The molecule has 0 bridgehead atoms. The van der Waals surface area contributed by atoms with Gasteiger partial charge in [0.15, 0.2) is 5.79 Å². The number of fused-ring (bicyclic) bond motifs is 1. The van der Waals surface area contributed by atoms with Gasteiger partial charge in [0.1, 0.15) is 24.9 Å². The average molecular weight is 274 g/mol. The minimum Gasteiger partial charge on any atom is -0.385 e. The van der Waals surface area contributed by atoms with E-state index in [9.17, 15) is 5.11 Å². The molecule has 4 unspecified atom stereocenters. The van der Waals surface area contributed by atoms with E-state index in [1.54, 1.807) is 0 Å². The second kappa shape index (κ2) is 4.95. The van der Waals surface area contributed by atoms with Gasteiger partial charge in [0.2, 0.25) is 5.79 Å². The minimum atomic E-state index is -1.10. The van der Waals surface area contributed by atoms with Crippen LogP contribution in [0.1, 0.15) is 26.7 Å². The van der Waals surface area contributed by atoms with E-state index in [-0.39, 0.29) is 12.7 Å². The van der Waals surface area contributed by atoms with Crippen LogP contribution < -0.4 is 0 Å². The molecule has 0 aliphatic carbocycles. The Kier molecular flexibility index (Phi) is 3.57. The molecule has 0 radical (unpaired) electrons. The summed E-state index contributed by atoms with van der Waals surface area (Å²) in [7, 11) is 0.